The van der Waals surface area contributed by atoms with Gasteiger partial charge in [-0.25, -0.2) is 0 Å². The number of aliphatic hydroxyl groups is 3. The van der Waals surface area contributed by atoms with Gasteiger partial charge in [0.25, 0.3) is 0 Å². The van der Waals surface area contributed by atoms with Gasteiger partial charge in [0.15, 0.2) is 5.78 Å². The highest BCUT2D eigenvalue weighted by atomic mass is 16.6. The predicted octanol–water partition coefficient (Wildman–Crippen LogP) is 1.15. The fourth-order valence-corrected chi connectivity index (χ4v) is 8.18. The number of hydrogen-bond acceptors (Lipinski definition) is 8. The van der Waals surface area contributed by atoms with Gasteiger partial charge in [-0.2, -0.15) is 0 Å². The topological polar surface area (TPSA) is 130 Å². The van der Waals surface area contributed by atoms with Crippen LogP contribution in [-0.2, 0) is 23.9 Å². The molecule has 3 N–H and O–H groups in total. The number of allylic oxidation sites excluding steroid dienone is 1. The van der Waals surface area contributed by atoms with Crippen molar-refractivity contribution >= 4 is 17.7 Å². The van der Waals surface area contributed by atoms with Crippen molar-refractivity contribution in [2.45, 2.75) is 84.4 Å². The van der Waals surface area contributed by atoms with Crippen molar-refractivity contribution in [1.29, 1.82) is 0 Å². The number of ketones is 1. The van der Waals surface area contributed by atoms with E-state index in [0.717, 1.165) is 0 Å². The minimum atomic E-state index is -1.36. The van der Waals surface area contributed by atoms with Crippen molar-refractivity contribution in [2.75, 3.05) is 0 Å². The summed E-state index contributed by atoms with van der Waals surface area (Å²) in [5.41, 5.74) is -2.92. The number of ether oxygens (including phenoxy) is 2. The number of hydrogen-bond donors (Lipinski definition) is 3. The maximum atomic E-state index is 13.7. The number of Topliss-reactive ketones (excluding diaryl/α,β-unsaturated/α-hetero) is 1. The molecule has 8 nitrogen and oxygen atoms in total. The van der Waals surface area contributed by atoms with E-state index >= 15 is 0 Å². The second-order valence-electron chi connectivity index (χ2n) is 11.1. The molecule has 32 heavy (non-hydrogen) atoms. The van der Waals surface area contributed by atoms with Crippen molar-refractivity contribution in [3.63, 3.8) is 0 Å². The van der Waals surface area contributed by atoms with Crippen LogP contribution < -0.4 is 0 Å². The molecule has 0 saturated heterocycles. The molecule has 0 aliphatic heterocycles. The van der Waals surface area contributed by atoms with Crippen LogP contribution in [0.25, 0.3) is 0 Å². The Hall–Kier alpha value is -1.77. The van der Waals surface area contributed by atoms with Crippen molar-refractivity contribution in [3.8, 4) is 0 Å². The van der Waals surface area contributed by atoms with E-state index in [1.807, 2.05) is 13.8 Å². The molecule has 0 unspecified atom stereocenters. The molecule has 4 aliphatic carbocycles. The number of carbonyl (C=O) groups is 3. The first-order valence-electron chi connectivity index (χ1n) is 11.3. The van der Waals surface area contributed by atoms with Crippen LogP contribution in [0.15, 0.2) is 12.2 Å². The first-order chi connectivity index (χ1) is 14.7. The third-order valence-electron chi connectivity index (χ3n) is 9.14. The normalized spacial score (nSPS) is 49.1. The lowest BCUT2D eigenvalue weighted by molar-refractivity contribution is -0.306. The molecule has 178 valence electrons. The Kier molecular flexibility index (Phi) is 5.20. The molecule has 4 fully saturated rings. The second-order valence-corrected chi connectivity index (χ2v) is 11.1. The molecule has 4 saturated carbocycles. The highest BCUT2D eigenvalue weighted by Gasteiger charge is 2.78. The molecular formula is C24H34O8. The number of carbonyl (C=O) groups excluding carboxylic acids is 3. The van der Waals surface area contributed by atoms with Gasteiger partial charge in [-0.1, -0.05) is 27.4 Å². The smallest absolute Gasteiger partial charge is 0.303 e. The number of fused-ring (bicyclic) bond motifs is 3. The largest absolute Gasteiger partial charge is 0.462 e. The van der Waals surface area contributed by atoms with Crippen LogP contribution in [0.2, 0.25) is 0 Å². The van der Waals surface area contributed by atoms with Gasteiger partial charge in [-0.15, -0.1) is 0 Å². The predicted molar refractivity (Wildman–Crippen MR) is 112 cm³/mol. The molecule has 1 spiro atoms. The molecule has 0 aromatic rings. The van der Waals surface area contributed by atoms with Crippen LogP contribution in [-0.4, -0.2) is 63.6 Å². The highest BCUT2D eigenvalue weighted by Crippen LogP contribution is 2.71. The second kappa shape index (κ2) is 7.11. The average Bonchev–Trinajstić information content (AvgIpc) is 2.84. The lowest BCUT2D eigenvalue weighted by atomic mass is 9.38. The molecule has 0 radical (unpaired) electrons. The van der Waals surface area contributed by atoms with Gasteiger partial charge >= 0.3 is 11.9 Å². The summed E-state index contributed by atoms with van der Waals surface area (Å²) >= 11 is 0. The van der Waals surface area contributed by atoms with E-state index in [1.54, 1.807) is 6.92 Å². The van der Waals surface area contributed by atoms with Gasteiger partial charge < -0.3 is 24.8 Å². The zero-order valence-electron chi connectivity index (χ0n) is 19.3. The third-order valence-corrected chi connectivity index (χ3v) is 9.14. The van der Waals surface area contributed by atoms with Gasteiger partial charge in [-0.05, 0) is 24.3 Å². The number of aliphatic hydroxyl groups excluding tert-OH is 3. The van der Waals surface area contributed by atoms with Gasteiger partial charge in [0, 0.05) is 42.9 Å². The van der Waals surface area contributed by atoms with Crippen LogP contribution in [0.5, 0.6) is 0 Å². The summed E-state index contributed by atoms with van der Waals surface area (Å²) < 4.78 is 11.2. The highest BCUT2D eigenvalue weighted by molar-refractivity contribution is 6.04. The molecule has 8 heteroatoms. The summed E-state index contributed by atoms with van der Waals surface area (Å²) in [4.78, 5) is 37.5. The lowest BCUT2D eigenvalue weighted by Crippen LogP contribution is -2.76. The van der Waals surface area contributed by atoms with Crippen molar-refractivity contribution in [3.05, 3.63) is 12.2 Å². The van der Waals surface area contributed by atoms with E-state index in [4.69, 9.17) is 9.47 Å². The Morgan fingerprint density at radius 1 is 1.00 bits per heavy atom. The van der Waals surface area contributed by atoms with E-state index in [2.05, 4.69) is 6.58 Å². The van der Waals surface area contributed by atoms with E-state index in [-0.39, 0.29) is 18.1 Å². The molecule has 4 aliphatic rings. The summed E-state index contributed by atoms with van der Waals surface area (Å²) in [5.74, 6) is -3.19. The Bertz CT molecular complexity index is 879. The fraction of sp³-hybridized carbons (Fsp3) is 0.792. The minimum Gasteiger partial charge on any atom is -0.462 e. The van der Waals surface area contributed by atoms with Crippen LogP contribution in [0, 0.1) is 34.0 Å². The molecule has 0 amide bonds. The molecule has 10 atom stereocenters. The Morgan fingerprint density at radius 3 is 2.16 bits per heavy atom. The van der Waals surface area contributed by atoms with Gasteiger partial charge in [0.05, 0.1) is 23.7 Å². The van der Waals surface area contributed by atoms with Crippen LogP contribution >= 0.6 is 0 Å². The van der Waals surface area contributed by atoms with E-state index < -0.39 is 70.5 Å². The number of rotatable bonds is 2. The minimum absolute atomic E-state index is 0.113. The molecule has 0 aromatic heterocycles. The zero-order valence-corrected chi connectivity index (χ0v) is 19.3. The molecule has 4 rings (SSSR count). The summed E-state index contributed by atoms with van der Waals surface area (Å²) in [5, 5.41) is 34.5. The van der Waals surface area contributed by atoms with E-state index in [9.17, 15) is 29.7 Å². The average molecular weight is 451 g/mol. The monoisotopic (exact) mass is 450 g/mol. The number of esters is 2. The first-order valence-corrected chi connectivity index (χ1v) is 11.3. The van der Waals surface area contributed by atoms with Crippen LogP contribution in [0.3, 0.4) is 0 Å². The van der Waals surface area contributed by atoms with Gasteiger partial charge in [0.1, 0.15) is 12.2 Å². The van der Waals surface area contributed by atoms with Crippen molar-refractivity contribution in [2.24, 2.45) is 34.0 Å². The molecular weight excluding hydrogens is 416 g/mol. The Labute approximate surface area is 188 Å². The lowest BCUT2D eigenvalue weighted by Gasteiger charge is -2.68. The standard InChI is InChI=1S/C24H34O8/c1-10-13-7-14(27)18-23(6)15(28)8-16(31-11(2)25)22(4,5)19(23)17(29)21(32-12(3)26)24(18,9-13)20(10)30/h13-19,21,27-29H,1,7-9H2,2-6H3/t13-,14-,15-,16-,17+,18-,19+,21-,23-,24-/m0/s1. The van der Waals surface area contributed by atoms with E-state index in [0.29, 0.717) is 18.4 Å². The third kappa shape index (κ3) is 2.75. The summed E-state index contributed by atoms with van der Waals surface area (Å²) in [6.07, 6.45) is -4.48. The summed E-state index contributed by atoms with van der Waals surface area (Å²) in [6.45, 7) is 11.9. The summed E-state index contributed by atoms with van der Waals surface area (Å²) in [7, 11) is 0. The quantitative estimate of drug-likeness (QED) is 0.422. The SMILES string of the molecule is C=C1C(=O)[C@]23C[C@@H]1C[C@H](O)[C@H]2[C@@]1(C)[C@H]([C@@H](O)[C@@H]3OC(C)=O)C(C)(C)[C@@H](OC(C)=O)C[C@@H]1O. The van der Waals surface area contributed by atoms with Crippen LogP contribution in [0.1, 0.15) is 53.9 Å². The summed E-state index contributed by atoms with van der Waals surface area (Å²) in [6, 6.07) is 0. The first kappa shape index (κ1) is 23.4. The van der Waals surface area contributed by atoms with Crippen molar-refractivity contribution in [1.82, 2.24) is 0 Å². The zero-order chi connectivity index (χ0) is 24.0. The van der Waals surface area contributed by atoms with Gasteiger partial charge in [0.2, 0.25) is 0 Å². The maximum absolute atomic E-state index is 13.7. The van der Waals surface area contributed by atoms with E-state index in [1.165, 1.54) is 13.8 Å². The van der Waals surface area contributed by atoms with Crippen LogP contribution in [0.4, 0.5) is 0 Å². The fourth-order valence-electron chi connectivity index (χ4n) is 8.18. The maximum Gasteiger partial charge on any atom is 0.303 e. The molecule has 2 bridgehead atoms. The molecule has 0 aromatic carbocycles. The van der Waals surface area contributed by atoms with Gasteiger partial charge in [-0.3, -0.25) is 14.4 Å². The molecule has 0 heterocycles. The van der Waals surface area contributed by atoms with Crippen molar-refractivity contribution < 1.29 is 39.2 Å². The Balaban J connectivity index is 1.94. The Morgan fingerprint density at radius 2 is 1.59 bits per heavy atom.